The van der Waals surface area contributed by atoms with Crippen LogP contribution in [0, 0.1) is 6.92 Å². The Bertz CT molecular complexity index is 1810. The van der Waals surface area contributed by atoms with E-state index in [4.69, 9.17) is 46.2 Å². The fourth-order valence-corrected chi connectivity index (χ4v) is 7.06. The van der Waals surface area contributed by atoms with Crippen LogP contribution in [0.3, 0.4) is 0 Å². The zero-order valence-electron chi connectivity index (χ0n) is 20.7. The standard InChI is InChI=1S/C19H20ClFN8O8P2S2/c1-8-23-17-14(18(30)24-8)26-27-29(17)19-15-13(21)11(36-19)6-34-38(31,40)33-3-2-28-12(7-35-39(32,41)37-15)25-10-4-9(20)5-22-16(10)28/h4-5,11,13,15,19H,2-3,6-7H2,1H3,(H,31,40)(H,32,41)(H,23,24,30)/t11-,13-,15-,19-,38?,39?/m1/s1. The van der Waals surface area contributed by atoms with Gasteiger partial charge >= 0.3 is 13.5 Å². The topological polar surface area (TPSA) is 191 Å². The van der Waals surface area contributed by atoms with E-state index in [0.717, 1.165) is 4.68 Å². The van der Waals surface area contributed by atoms with Gasteiger partial charge in [0.25, 0.3) is 5.56 Å². The summed E-state index contributed by atoms with van der Waals surface area (Å²) in [5.74, 6) is 0.459. The van der Waals surface area contributed by atoms with Gasteiger partial charge in [-0.15, -0.1) is 5.10 Å². The molecule has 2 unspecified atom stereocenters. The molecule has 6 atom stereocenters. The summed E-state index contributed by atoms with van der Waals surface area (Å²) in [7, 11) is 0. The Kier molecular flexibility index (Phi) is 7.82. The van der Waals surface area contributed by atoms with Gasteiger partial charge in [0.1, 0.15) is 36.0 Å². The second kappa shape index (κ2) is 11.0. The van der Waals surface area contributed by atoms with E-state index in [1.807, 2.05) is 0 Å². The summed E-state index contributed by atoms with van der Waals surface area (Å²) in [5.41, 5.74) is 0.0277. The fourth-order valence-electron chi connectivity index (χ4n) is 4.41. The van der Waals surface area contributed by atoms with Crippen molar-refractivity contribution in [3.05, 3.63) is 39.3 Å². The molecule has 0 aromatic carbocycles. The molecule has 1 saturated heterocycles. The number of hydrogen-bond donors (Lipinski definition) is 3. The average Bonchev–Trinajstić information content (AvgIpc) is 3.55. The molecule has 6 rings (SSSR count). The lowest BCUT2D eigenvalue weighted by molar-refractivity contribution is -0.0520. The van der Waals surface area contributed by atoms with Crippen molar-refractivity contribution >= 4 is 71.5 Å². The van der Waals surface area contributed by atoms with Crippen LogP contribution in [0.4, 0.5) is 4.39 Å². The predicted molar refractivity (Wildman–Crippen MR) is 147 cm³/mol. The minimum absolute atomic E-state index is 0.0431. The Morgan fingerprint density at radius 1 is 1.29 bits per heavy atom. The van der Waals surface area contributed by atoms with Gasteiger partial charge in [-0.2, -0.15) is 4.68 Å². The van der Waals surface area contributed by atoms with Crippen LogP contribution >= 0.6 is 37.4 Å². The maximum atomic E-state index is 15.8. The smallest absolute Gasteiger partial charge is 0.345 e. The first-order chi connectivity index (χ1) is 19.4. The van der Waals surface area contributed by atoms with Crippen molar-refractivity contribution in [1.82, 2.24) is 39.5 Å². The Morgan fingerprint density at radius 2 is 2.10 bits per heavy atom. The molecule has 0 saturated carbocycles. The van der Waals surface area contributed by atoms with Crippen LogP contribution in [0.5, 0.6) is 0 Å². The van der Waals surface area contributed by atoms with E-state index in [1.54, 1.807) is 10.6 Å². The molecule has 2 N–H and O–H groups in total. The van der Waals surface area contributed by atoms with Gasteiger partial charge in [-0.3, -0.25) is 13.8 Å². The second-order valence-corrected chi connectivity index (χ2v) is 15.1. The minimum Gasteiger partial charge on any atom is -0.345 e. The van der Waals surface area contributed by atoms with Crippen LogP contribution in [-0.4, -0.2) is 76.0 Å². The van der Waals surface area contributed by atoms with Crippen molar-refractivity contribution in [3.8, 4) is 0 Å². The second-order valence-electron chi connectivity index (χ2n) is 8.95. The Hall–Kier alpha value is -1.89. The van der Waals surface area contributed by atoms with Gasteiger partial charge < -0.3 is 28.2 Å². The number of pyridine rings is 1. The number of nitrogens with zero attached hydrogens (tertiary/aromatic N) is 7. The summed E-state index contributed by atoms with van der Waals surface area (Å²) in [5, 5.41) is 8.03. The number of hydrogen-bond acceptors (Lipinski definition) is 13. The normalized spacial score (nSPS) is 31.6. The molecule has 220 valence electrons. The van der Waals surface area contributed by atoms with Crippen molar-refractivity contribution in [2.24, 2.45) is 0 Å². The number of imidazole rings is 1. The van der Waals surface area contributed by atoms with Crippen LogP contribution in [0.15, 0.2) is 17.1 Å². The van der Waals surface area contributed by atoms with E-state index >= 15 is 4.39 Å². The van der Waals surface area contributed by atoms with Crippen LogP contribution in [0.25, 0.3) is 22.3 Å². The largest absolute Gasteiger partial charge is 0.387 e. The fraction of sp³-hybridized carbons (Fsp3) is 0.474. The third-order valence-electron chi connectivity index (χ3n) is 6.17. The first-order valence-electron chi connectivity index (χ1n) is 11.8. The van der Waals surface area contributed by atoms with Crippen molar-refractivity contribution in [3.63, 3.8) is 0 Å². The highest BCUT2D eigenvalue weighted by Gasteiger charge is 2.51. The zero-order chi connectivity index (χ0) is 29.1. The number of halogens is 2. The SMILES string of the molecule is Cc1nc2c(nnn2[C@@H]2O[C@@H]3COP(O)(=S)OCCn4c(nc5cc(Cl)cnc54)COP(=O)(S)O[C@@H]2[C@@H]3F)c(=O)[nH]1. The molecule has 0 aliphatic carbocycles. The summed E-state index contributed by atoms with van der Waals surface area (Å²) >= 11 is 15.2. The first kappa shape index (κ1) is 29.2. The van der Waals surface area contributed by atoms with Crippen molar-refractivity contribution in [2.75, 3.05) is 13.2 Å². The van der Waals surface area contributed by atoms with E-state index in [0.29, 0.717) is 16.2 Å². The van der Waals surface area contributed by atoms with Gasteiger partial charge in [-0.05, 0) is 24.8 Å². The van der Waals surface area contributed by atoms with Gasteiger partial charge in [0.15, 0.2) is 29.2 Å². The Labute approximate surface area is 244 Å². The number of alkyl halides is 1. The zero-order valence-corrected chi connectivity index (χ0v) is 25.0. The molecule has 0 radical (unpaired) electrons. The quantitative estimate of drug-likeness (QED) is 0.198. The van der Waals surface area contributed by atoms with E-state index in [2.05, 4.69) is 42.5 Å². The van der Waals surface area contributed by atoms with E-state index in [9.17, 15) is 14.3 Å². The van der Waals surface area contributed by atoms with Crippen LogP contribution in [-0.2, 0) is 52.4 Å². The lowest BCUT2D eigenvalue weighted by atomic mass is 10.1. The highest BCUT2D eigenvalue weighted by Crippen LogP contribution is 2.57. The molecule has 41 heavy (non-hydrogen) atoms. The highest BCUT2D eigenvalue weighted by atomic mass is 35.5. The molecule has 1 fully saturated rings. The van der Waals surface area contributed by atoms with Gasteiger partial charge in [0.2, 0.25) is 0 Å². The van der Waals surface area contributed by atoms with Crippen LogP contribution in [0.2, 0.25) is 5.02 Å². The number of ether oxygens (including phenoxy) is 1. The third-order valence-corrected chi connectivity index (χ3v) is 9.59. The molecule has 2 aliphatic heterocycles. The van der Waals surface area contributed by atoms with E-state index in [-0.39, 0.29) is 36.0 Å². The minimum atomic E-state index is -4.32. The Balaban J connectivity index is 1.38. The molecule has 6 heterocycles. The number of rotatable bonds is 1. The molecule has 22 heteroatoms. The number of H-pyrrole nitrogens is 1. The van der Waals surface area contributed by atoms with E-state index < -0.39 is 56.9 Å². The summed E-state index contributed by atoms with van der Waals surface area (Å²) in [6.45, 7) is -7.70. The molecule has 0 amide bonds. The van der Waals surface area contributed by atoms with E-state index in [1.165, 1.54) is 13.1 Å². The monoisotopic (exact) mass is 668 g/mol. The number of aryl methyl sites for hydroxylation is 1. The van der Waals surface area contributed by atoms with Gasteiger partial charge in [-0.1, -0.05) is 29.1 Å². The maximum absolute atomic E-state index is 15.8. The van der Waals surface area contributed by atoms with Crippen molar-refractivity contribution in [2.45, 2.75) is 44.7 Å². The number of aromatic nitrogens is 8. The summed E-state index contributed by atoms with van der Waals surface area (Å²) in [4.78, 5) is 38.3. The molecule has 2 aliphatic rings. The molecule has 16 nitrogen and oxygen atoms in total. The summed E-state index contributed by atoms with van der Waals surface area (Å²) in [6, 6.07) is 1.57. The van der Waals surface area contributed by atoms with Gasteiger partial charge in [-0.25, -0.2) is 23.9 Å². The molecular weight excluding hydrogens is 649 g/mol. The predicted octanol–water partition coefficient (Wildman–Crippen LogP) is 2.36. The van der Waals surface area contributed by atoms with Gasteiger partial charge in [0, 0.05) is 12.7 Å². The number of fused-ring (bicyclic) bond motifs is 6. The van der Waals surface area contributed by atoms with Crippen molar-refractivity contribution in [1.29, 1.82) is 0 Å². The Morgan fingerprint density at radius 3 is 2.90 bits per heavy atom. The third kappa shape index (κ3) is 5.86. The number of thiol groups is 1. The maximum Gasteiger partial charge on any atom is 0.387 e. The van der Waals surface area contributed by atoms with Crippen LogP contribution < -0.4 is 5.56 Å². The molecule has 2 bridgehead atoms. The van der Waals surface area contributed by atoms with Gasteiger partial charge in [0.05, 0.1) is 18.2 Å². The summed E-state index contributed by atoms with van der Waals surface area (Å²) in [6.07, 6.45) is -5.14. The lowest BCUT2D eigenvalue weighted by Gasteiger charge is -2.23. The number of nitrogens with one attached hydrogen (secondary N) is 1. The van der Waals surface area contributed by atoms with Crippen LogP contribution in [0.1, 0.15) is 17.9 Å². The highest BCUT2D eigenvalue weighted by molar-refractivity contribution is 8.44. The lowest BCUT2D eigenvalue weighted by Crippen LogP contribution is -2.32. The molecule has 4 aromatic heterocycles. The first-order valence-corrected chi connectivity index (χ1v) is 17.5. The summed E-state index contributed by atoms with van der Waals surface area (Å²) < 4.78 is 59.5. The number of aromatic amines is 1. The molecule has 4 aromatic rings. The molecular formula is C19H20ClFN8O8P2S2. The molecule has 0 spiro atoms. The average molecular weight is 669 g/mol. The van der Waals surface area contributed by atoms with Crippen molar-refractivity contribution < 1.29 is 36.7 Å².